The zero-order valence-corrected chi connectivity index (χ0v) is 19.3. The number of carbonyl (C=O) groups excluding carboxylic acids is 1. The molecule has 0 N–H and O–H groups in total. The predicted molar refractivity (Wildman–Crippen MR) is 109 cm³/mol. The van der Waals surface area contributed by atoms with E-state index in [2.05, 4.69) is 57.5 Å². The van der Waals surface area contributed by atoms with Gasteiger partial charge < -0.3 is 4.43 Å². The molecule has 0 spiro atoms. The number of hydroxylamine groups is 2. The minimum absolute atomic E-state index is 0.170. The highest BCUT2D eigenvalue weighted by atomic mass is 79.9. The zero-order valence-electron chi connectivity index (χ0n) is 16.7. The third-order valence-corrected chi connectivity index (χ3v) is 11.9. The van der Waals surface area contributed by atoms with Gasteiger partial charge in [0.25, 0.3) is 5.91 Å². The summed E-state index contributed by atoms with van der Waals surface area (Å²) >= 11 is 3.59. The van der Waals surface area contributed by atoms with Gasteiger partial charge in [-0.1, -0.05) is 57.5 Å². The van der Waals surface area contributed by atoms with Gasteiger partial charge in [0.1, 0.15) is 0 Å². The maximum atomic E-state index is 12.3. The van der Waals surface area contributed by atoms with E-state index in [9.17, 15) is 4.79 Å². The Morgan fingerprint density at radius 3 is 2.08 bits per heavy atom. The fourth-order valence-electron chi connectivity index (χ4n) is 3.79. The van der Waals surface area contributed by atoms with Crippen molar-refractivity contribution in [2.24, 2.45) is 0 Å². The molecule has 0 atom stereocenters. The van der Waals surface area contributed by atoms with Crippen LogP contribution in [0, 0.1) is 0 Å². The first-order valence-corrected chi connectivity index (χ1v) is 11.8. The van der Waals surface area contributed by atoms with E-state index in [1.165, 1.54) is 12.2 Å². The molecule has 0 saturated carbocycles. The van der Waals surface area contributed by atoms with Crippen molar-refractivity contribution in [2.75, 3.05) is 14.2 Å². The topological polar surface area (TPSA) is 38.8 Å². The van der Waals surface area contributed by atoms with Gasteiger partial charge in [-0.05, 0) is 40.4 Å². The standard InChI is InChI=1S/C19H32BrNO3Si/c1-13(2)25(14(3)4,15(5)6)24-12-17-11-16(9-10-18(17)20)19(22)21(7)23-8/h9-11,13-15H,12H2,1-8H3. The molecule has 0 radical (unpaired) electrons. The molecule has 0 saturated heterocycles. The van der Waals surface area contributed by atoms with E-state index in [0.717, 1.165) is 10.0 Å². The van der Waals surface area contributed by atoms with Crippen molar-refractivity contribution in [3.63, 3.8) is 0 Å². The molecule has 0 aromatic heterocycles. The Labute approximate surface area is 162 Å². The number of nitrogens with zero attached hydrogens (tertiary/aromatic N) is 1. The summed E-state index contributed by atoms with van der Waals surface area (Å²) in [5.41, 5.74) is 3.16. The van der Waals surface area contributed by atoms with Gasteiger partial charge in [0, 0.05) is 17.1 Å². The molecule has 142 valence electrons. The molecule has 0 unspecified atom stereocenters. The molecule has 0 aliphatic rings. The summed E-state index contributed by atoms with van der Waals surface area (Å²) in [4.78, 5) is 17.3. The number of hydrogen-bond donors (Lipinski definition) is 0. The SMILES string of the molecule is CON(C)C(=O)c1ccc(Br)c(CO[Si](C(C)C)(C(C)C)C(C)C)c1. The van der Waals surface area contributed by atoms with Crippen LogP contribution in [0.15, 0.2) is 22.7 Å². The molecular formula is C19H32BrNO3Si. The molecule has 4 nitrogen and oxygen atoms in total. The lowest BCUT2D eigenvalue weighted by atomic mass is 10.1. The number of halogens is 1. The van der Waals surface area contributed by atoms with Gasteiger partial charge in [-0.3, -0.25) is 9.63 Å². The molecule has 1 amide bonds. The third kappa shape index (κ3) is 4.93. The summed E-state index contributed by atoms with van der Waals surface area (Å²) in [5, 5.41) is 1.23. The highest BCUT2D eigenvalue weighted by Crippen LogP contribution is 2.43. The van der Waals surface area contributed by atoms with E-state index in [4.69, 9.17) is 9.26 Å². The second-order valence-corrected chi connectivity index (χ2v) is 13.7. The summed E-state index contributed by atoms with van der Waals surface area (Å²) in [6.45, 7) is 14.1. The zero-order chi connectivity index (χ0) is 19.4. The lowest BCUT2D eigenvalue weighted by Crippen LogP contribution is -2.47. The van der Waals surface area contributed by atoms with Gasteiger partial charge in [0.2, 0.25) is 8.32 Å². The van der Waals surface area contributed by atoms with Crippen LogP contribution in [0.2, 0.25) is 16.6 Å². The van der Waals surface area contributed by atoms with Crippen LogP contribution in [0.1, 0.15) is 57.5 Å². The van der Waals surface area contributed by atoms with Gasteiger partial charge >= 0.3 is 0 Å². The monoisotopic (exact) mass is 429 g/mol. The quantitative estimate of drug-likeness (QED) is 0.388. The number of amides is 1. The summed E-state index contributed by atoms with van der Waals surface area (Å²) in [7, 11) is 1.14. The summed E-state index contributed by atoms with van der Waals surface area (Å²) < 4.78 is 7.62. The van der Waals surface area contributed by atoms with E-state index < -0.39 is 8.32 Å². The number of carbonyl (C=O) groups is 1. The molecule has 1 rings (SSSR count). The van der Waals surface area contributed by atoms with Gasteiger partial charge in [0.05, 0.1) is 13.7 Å². The molecule has 6 heteroatoms. The predicted octanol–water partition coefficient (Wildman–Crippen LogP) is 5.77. The van der Waals surface area contributed by atoms with E-state index in [0.29, 0.717) is 28.8 Å². The maximum absolute atomic E-state index is 12.3. The Morgan fingerprint density at radius 1 is 1.12 bits per heavy atom. The van der Waals surface area contributed by atoms with Crippen LogP contribution in [0.25, 0.3) is 0 Å². The molecule has 0 aliphatic heterocycles. The minimum Gasteiger partial charge on any atom is -0.412 e. The Hall–Kier alpha value is -0.693. The fourth-order valence-corrected chi connectivity index (χ4v) is 9.55. The van der Waals surface area contributed by atoms with Crippen LogP contribution < -0.4 is 0 Å². The van der Waals surface area contributed by atoms with Gasteiger partial charge in [0.15, 0.2) is 0 Å². The van der Waals surface area contributed by atoms with Crippen LogP contribution in [0.5, 0.6) is 0 Å². The second kappa shape index (κ2) is 9.30. The summed E-state index contributed by atoms with van der Waals surface area (Å²) in [6.07, 6.45) is 0. The summed E-state index contributed by atoms with van der Waals surface area (Å²) in [6, 6.07) is 5.59. The molecular weight excluding hydrogens is 398 g/mol. The summed E-state index contributed by atoms with van der Waals surface area (Å²) in [5.74, 6) is -0.170. The Balaban J connectivity index is 3.11. The highest BCUT2D eigenvalue weighted by molar-refractivity contribution is 9.10. The van der Waals surface area contributed by atoms with Crippen LogP contribution in [-0.2, 0) is 15.9 Å². The Bertz CT molecular complexity index is 568. The van der Waals surface area contributed by atoms with E-state index in [-0.39, 0.29) is 5.91 Å². The Morgan fingerprint density at radius 2 is 1.64 bits per heavy atom. The normalized spacial score (nSPS) is 12.3. The molecule has 0 heterocycles. The first-order valence-electron chi connectivity index (χ1n) is 8.82. The first kappa shape index (κ1) is 22.3. The lowest BCUT2D eigenvalue weighted by molar-refractivity contribution is -0.0757. The van der Waals surface area contributed by atoms with Crippen LogP contribution in [0.3, 0.4) is 0 Å². The van der Waals surface area contributed by atoms with Crippen LogP contribution in [-0.4, -0.2) is 33.4 Å². The van der Waals surface area contributed by atoms with Crippen molar-refractivity contribution in [3.05, 3.63) is 33.8 Å². The van der Waals surface area contributed by atoms with Crippen molar-refractivity contribution in [1.29, 1.82) is 0 Å². The molecule has 25 heavy (non-hydrogen) atoms. The Kier molecular flexibility index (Phi) is 8.32. The average Bonchev–Trinajstić information content (AvgIpc) is 2.54. The van der Waals surface area contributed by atoms with Crippen LogP contribution >= 0.6 is 15.9 Å². The average molecular weight is 430 g/mol. The van der Waals surface area contributed by atoms with Crippen molar-refractivity contribution in [1.82, 2.24) is 5.06 Å². The second-order valence-electron chi connectivity index (χ2n) is 7.40. The van der Waals surface area contributed by atoms with Gasteiger partial charge in [-0.2, -0.15) is 0 Å². The molecule has 0 bridgehead atoms. The first-order chi connectivity index (χ1) is 11.6. The number of hydrogen-bond acceptors (Lipinski definition) is 3. The molecule has 0 fully saturated rings. The van der Waals surface area contributed by atoms with Crippen molar-refractivity contribution < 1.29 is 14.1 Å². The van der Waals surface area contributed by atoms with E-state index >= 15 is 0 Å². The largest absolute Gasteiger partial charge is 0.412 e. The number of benzene rings is 1. The van der Waals surface area contributed by atoms with Crippen molar-refractivity contribution in [3.8, 4) is 0 Å². The minimum atomic E-state index is -1.95. The van der Waals surface area contributed by atoms with E-state index in [1.807, 2.05) is 12.1 Å². The third-order valence-electron chi connectivity index (χ3n) is 5.04. The van der Waals surface area contributed by atoms with E-state index in [1.54, 1.807) is 13.1 Å². The van der Waals surface area contributed by atoms with Crippen LogP contribution in [0.4, 0.5) is 0 Å². The van der Waals surface area contributed by atoms with Crippen molar-refractivity contribution >= 4 is 30.2 Å². The maximum Gasteiger partial charge on any atom is 0.277 e. The molecule has 1 aromatic rings. The number of rotatable bonds is 8. The molecule has 1 aromatic carbocycles. The van der Waals surface area contributed by atoms with Gasteiger partial charge in [-0.25, -0.2) is 5.06 Å². The fraction of sp³-hybridized carbons (Fsp3) is 0.632. The lowest BCUT2D eigenvalue weighted by Gasteiger charge is -2.42. The van der Waals surface area contributed by atoms with Gasteiger partial charge in [-0.15, -0.1) is 0 Å². The smallest absolute Gasteiger partial charge is 0.277 e. The van der Waals surface area contributed by atoms with Crippen molar-refractivity contribution in [2.45, 2.75) is 64.8 Å². The highest BCUT2D eigenvalue weighted by Gasteiger charge is 2.45. The molecule has 0 aliphatic carbocycles.